The van der Waals surface area contributed by atoms with Crippen molar-refractivity contribution >= 4 is 56.7 Å². The van der Waals surface area contributed by atoms with Gasteiger partial charge in [-0.25, -0.2) is 0 Å². The topological polar surface area (TPSA) is 143 Å². The summed E-state index contributed by atoms with van der Waals surface area (Å²) in [7, 11) is 3.88. The molecule has 6 aromatic rings. The number of furan rings is 1. The van der Waals surface area contributed by atoms with Crippen LogP contribution in [0.25, 0.3) is 33.1 Å². The van der Waals surface area contributed by atoms with Crippen LogP contribution in [0.4, 0.5) is 17.1 Å². The Morgan fingerprint density at radius 3 is 2.59 bits per heavy atom. The third-order valence-corrected chi connectivity index (χ3v) is 10.2. The molecule has 8 rings (SSSR count). The van der Waals surface area contributed by atoms with Crippen LogP contribution in [0.15, 0.2) is 82.3 Å². The molecule has 12 nitrogen and oxygen atoms in total. The maximum absolute atomic E-state index is 12.9. The van der Waals surface area contributed by atoms with Crippen LogP contribution < -0.4 is 26.0 Å². The van der Waals surface area contributed by atoms with Crippen LogP contribution in [0.5, 0.6) is 0 Å². The zero-order chi connectivity index (χ0) is 37.7. The third kappa shape index (κ3) is 6.23. The van der Waals surface area contributed by atoms with Crippen molar-refractivity contribution in [1.82, 2.24) is 25.2 Å². The molecular weight excluding hydrogens is 683 g/mol. The van der Waals surface area contributed by atoms with Crippen LogP contribution in [-0.2, 0) is 16.6 Å². The molecule has 6 heterocycles. The monoisotopic (exact) mass is 719 g/mol. The summed E-state index contributed by atoms with van der Waals surface area (Å²) in [6.07, 6.45) is 4.24. The van der Waals surface area contributed by atoms with Gasteiger partial charge in [-0.1, -0.05) is 18.1 Å². The van der Waals surface area contributed by atoms with Crippen molar-refractivity contribution < 1.29 is 18.8 Å². The number of aromatic nitrogens is 3. The number of nitrogens with zero attached hydrogens (tertiary/aromatic N) is 5. The van der Waals surface area contributed by atoms with Crippen molar-refractivity contribution in [3.63, 3.8) is 0 Å². The van der Waals surface area contributed by atoms with Crippen molar-refractivity contribution in [2.24, 2.45) is 7.05 Å². The molecule has 2 aliphatic rings. The number of amides is 3. The Balaban J connectivity index is 0.965. The van der Waals surface area contributed by atoms with Gasteiger partial charge in [-0.05, 0) is 79.8 Å². The quantitative estimate of drug-likeness (QED) is 0.181. The molecule has 1 atom stereocenters. The molecule has 1 saturated heterocycles. The third-order valence-electron chi connectivity index (χ3n) is 10.2. The summed E-state index contributed by atoms with van der Waals surface area (Å²) in [5, 5.41) is 6.97. The summed E-state index contributed by atoms with van der Waals surface area (Å²) in [5.41, 5.74) is 8.79. The van der Waals surface area contributed by atoms with Gasteiger partial charge >= 0.3 is 0 Å². The Morgan fingerprint density at radius 2 is 1.80 bits per heavy atom. The van der Waals surface area contributed by atoms with E-state index in [-0.39, 0.29) is 41.9 Å². The number of nitrogens with one attached hydrogen (secondary N) is 2. The molecule has 2 aliphatic heterocycles. The lowest BCUT2D eigenvalue weighted by molar-refractivity contribution is -0.134. The minimum atomic E-state index is -0.438. The van der Waals surface area contributed by atoms with E-state index in [2.05, 4.69) is 50.4 Å². The van der Waals surface area contributed by atoms with E-state index in [9.17, 15) is 19.2 Å². The summed E-state index contributed by atoms with van der Waals surface area (Å²) in [4.78, 5) is 63.5. The number of hydrogen-bond donors (Lipinski definition) is 2. The Labute approximate surface area is 310 Å². The molecule has 0 aliphatic carbocycles. The van der Waals surface area contributed by atoms with Crippen LogP contribution >= 0.6 is 0 Å². The van der Waals surface area contributed by atoms with Gasteiger partial charge in [0.05, 0.1) is 46.9 Å². The molecule has 2 N–H and O–H groups in total. The zero-order valence-electron chi connectivity index (χ0n) is 30.3. The summed E-state index contributed by atoms with van der Waals surface area (Å²) < 4.78 is 7.60. The van der Waals surface area contributed by atoms with Crippen LogP contribution in [0.2, 0.25) is 0 Å². The van der Waals surface area contributed by atoms with Gasteiger partial charge in [0.1, 0.15) is 11.3 Å². The van der Waals surface area contributed by atoms with Crippen LogP contribution in [-0.4, -0.2) is 58.9 Å². The Bertz CT molecular complexity index is 2650. The Kier molecular flexibility index (Phi) is 8.70. The second-order valence-corrected chi connectivity index (χ2v) is 13.8. The molecule has 1 unspecified atom stereocenters. The van der Waals surface area contributed by atoms with Gasteiger partial charge in [0.2, 0.25) is 11.8 Å². The van der Waals surface area contributed by atoms with E-state index in [0.29, 0.717) is 23.3 Å². The molecule has 12 heteroatoms. The number of likely N-dealkylation sites (N-methyl/N-ethyl adjacent to an activating group) is 1. The highest BCUT2D eigenvalue weighted by Crippen LogP contribution is 2.41. The highest BCUT2D eigenvalue weighted by molar-refractivity contribution is 6.03. The highest BCUT2D eigenvalue weighted by Gasteiger charge is 2.30. The predicted octanol–water partition coefficient (Wildman–Crippen LogP) is 5.25. The van der Waals surface area contributed by atoms with Gasteiger partial charge in [-0.3, -0.25) is 34.5 Å². The van der Waals surface area contributed by atoms with Gasteiger partial charge in [0, 0.05) is 67.8 Å². The number of hydrogen-bond acceptors (Lipinski definition) is 9. The number of fused-ring (bicyclic) bond motifs is 3. The second kappa shape index (κ2) is 13.7. The number of benzene rings is 2. The Hall–Kier alpha value is -6.74. The number of rotatable bonds is 5. The molecule has 54 heavy (non-hydrogen) atoms. The molecule has 0 saturated carbocycles. The lowest BCUT2D eigenvalue weighted by Gasteiger charge is -2.37. The normalized spacial score (nSPS) is 15.5. The van der Waals surface area contributed by atoms with Crippen molar-refractivity contribution in [2.75, 3.05) is 36.5 Å². The molecule has 3 amide bonds. The number of carbonyl (C=O) groups is 3. The summed E-state index contributed by atoms with van der Waals surface area (Å²) in [6.45, 7) is 5.50. The molecule has 0 radical (unpaired) electrons. The smallest absolute Gasteiger partial charge is 0.270 e. The van der Waals surface area contributed by atoms with Crippen LogP contribution in [0, 0.1) is 25.7 Å². The fraction of sp³-hybridized carbons (Fsp3) is 0.238. The number of pyridine rings is 3. The van der Waals surface area contributed by atoms with Gasteiger partial charge in [-0.15, -0.1) is 0 Å². The van der Waals surface area contributed by atoms with Crippen molar-refractivity contribution in [1.29, 1.82) is 0 Å². The van der Waals surface area contributed by atoms with Gasteiger partial charge in [0.25, 0.3) is 11.5 Å². The first-order valence-electron chi connectivity index (χ1n) is 17.7. The zero-order valence-corrected chi connectivity index (χ0v) is 30.3. The van der Waals surface area contributed by atoms with Crippen molar-refractivity contribution in [3.05, 3.63) is 112 Å². The average Bonchev–Trinajstić information content (AvgIpc) is 3.59. The predicted molar refractivity (Wildman–Crippen MR) is 207 cm³/mol. The SMILES string of the molecule is Cc1cc(N2CCN(C)c3cc(-c4ccc(C(=O)NCC#Cc5cc6c(C7CCC(=O)NC7=O)cccc6o5)nc4)ncc32)c2cc(C)c(=O)n(C)c2c1. The fourth-order valence-electron chi connectivity index (χ4n) is 7.38. The summed E-state index contributed by atoms with van der Waals surface area (Å²) in [5.74, 6) is 4.89. The lowest BCUT2D eigenvalue weighted by atomic mass is 9.88. The van der Waals surface area contributed by atoms with Gasteiger partial charge in [0.15, 0.2) is 5.76 Å². The van der Waals surface area contributed by atoms with Crippen LogP contribution in [0.3, 0.4) is 0 Å². The second-order valence-electron chi connectivity index (χ2n) is 13.8. The van der Waals surface area contributed by atoms with E-state index in [1.807, 2.05) is 63.5 Å². The summed E-state index contributed by atoms with van der Waals surface area (Å²) >= 11 is 0. The average molecular weight is 720 g/mol. The van der Waals surface area contributed by atoms with Crippen molar-refractivity contribution in [3.8, 4) is 23.1 Å². The number of aryl methyl sites for hydroxylation is 3. The molecule has 1 fully saturated rings. The molecule has 270 valence electrons. The molecular formula is C42H37N7O5. The fourth-order valence-corrected chi connectivity index (χ4v) is 7.38. The van der Waals surface area contributed by atoms with E-state index >= 15 is 0 Å². The summed E-state index contributed by atoms with van der Waals surface area (Å²) in [6, 6.07) is 19.0. The number of imide groups is 1. The minimum Gasteiger partial charge on any atom is -0.448 e. The molecule has 4 aromatic heterocycles. The highest BCUT2D eigenvalue weighted by atomic mass is 16.3. The number of piperidine rings is 1. The maximum Gasteiger partial charge on any atom is 0.270 e. The first kappa shape index (κ1) is 34.4. The number of carbonyl (C=O) groups excluding carboxylic acids is 3. The molecule has 0 spiro atoms. The van der Waals surface area contributed by atoms with Gasteiger partial charge < -0.3 is 24.1 Å². The van der Waals surface area contributed by atoms with Crippen LogP contribution in [0.1, 0.15) is 51.7 Å². The lowest BCUT2D eigenvalue weighted by Crippen LogP contribution is -2.39. The van der Waals surface area contributed by atoms with E-state index in [0.717, 1.165) is 68.8 Å². The van der Waals surface area contributed by atoms with E-state index in [1.165, 1.54) is 0 Å². The van der Waals surface area contributed by atoms with Gasteiger partial charge in [-0.2, -0.15) is 0 Å². The first-order chi connectivity index (χ1) is 26.0. The van der Waals surface area contributed by atoms with E-state index in [1.54, 1.807) is 29.0 Å². The largest absolute Gasteiger partial charge is 0.448 e. The molecule has 0 bridgehead atoms. The van der Waals surface area contributed by atoms with E-state index < -0.39 is 5.92 Å². The first-order valence-corrected chi connectivity index (χ1v) is 17.7. The minimum absolute atomic E-state index is 0.00137. The van der Waals surface area contributed by atoms with Crippen molar-refractivity contribution in [2.45, 2.75) is 32.6 Å². The molecule has 2 aromatic carbocycles. The number of anilines is 3. The standard InChI is InChI=1S/C42H37N7O5/c1-24-17-34-31(19-25(2)42(53)48(34)4)35(18-24)49-16-15-47(3)36-21-33(45-23-37(36)49)26-10-12-32(44-22-26)41(52)43-14-6-7-27-20-30-28(8-5-9-38(30)54-27)29-11-13-39(50)46-40(29)51/h5,8-10,12,17-23,29H,11,13-16H2,1-4H3,(H,43,52)(H,46,50,51). The maximum atomic E-state index is 12.9. The Morgan fingerprint density at radius 1 is 0.944 bits per heavy atom. The van der Waals surface area contributed by atoms with E-state index in [4.69, 9.17) is 9.40 Å².